The zero-order valence-electron chi connectivity index (χ0n) is 8.29. The smallest absolute Gasteiger partial charge is 0.0650 e. The van der Waals surface area contributed by atoms with E-state index in [0.29, 0.717) is 0 Å². The van der Waals surface area contributed by atoms with Gasteiger partial charge in [-0.3, -0.25) is 9.98 Å². The number of allylic oxidation sites excluding steroid dienone is 1. The Kier molecular flexibility index (Phi) is 1.86. The molecule has 3 rings (SSSR count). The first kappa shape index (κ1) is 8.16. The van der Waals surface area contributed by atoms with Gasteiger partial charge in [-0.2, -0.15) is 0 Å². The second-order valence-corrected chi connectivity index (χ2v) is 4.09. The summed E-state index contributed by atoms with van der Waals surface area (Å²) < 4.78 is 0. The lowest BCUT2D eigenvalue weighted by molar-refractivity contribution is 0.774. The van der Waals surface area contributed by atoms with E-state index >= 15 is 0 Å². The van der Waals surface area contributed by atoms with Gasteiger partial charge in [0.1, 0.15) is 0 Å². The van der Waals surface area contributed by atoms with Gasteiger partial charge in [-0.25, -0.2) is 0 Å². The second kappa shape index (κ2) is 3.19. The predicted molar refractivity (Wildman–Crippen MR) is 59.2 cm³/mol. The first-order valence-electron chi connectivity index (χ1n) is 5.40. The van der Waals surface area contributed by atoms with Crippen molar-refractivity contribution in [2.45, 2.75) is 25.7 Å². The van der Waals surface area contributed by atoms with E-state index in [1.807, 2.05) is 6.21 Å². The lowest BCUT2D eigenvalue weighted by Gasteiger charge is -2.19. The van der Waals surface area contributed by atoms with Crippen LogP contribution in [-0.2, 0) is 0 Å². The zero-order valence-corrected chi connectivity index (χ0v) is 8.29. The zero-order chi connectivity index (χ0) is 9.38. The highest BCUT2D eigenvalue weighted by Gasteiger charge is 2.25. The van der Waals surface area contributed by atoms with Crippen molar-refractivity contribution in [1.82, 2.24) is 0 Å². The van der Waals surface area contributed by atoms with E-state index < -0.39 is 0 Å². The minimum Gasteiger partial charge on any atom is -0.293 e. The third kappa shape index (κ3) is 1.17. The minimum absolute atomic E-state index is 0.889. The van der Waals surface area contributed by atoms with Gasteiger partial charge in [-0.1, -0.05) is 5.57 Å². The molecule has 0 unspecified atom stereocenters. The van der Waals surface area contributed by atoms with Crippen LogP contribution >= 0.6 is 0 Å². The summed E-state index contributed by atoms with van der Waals surface area (Å²) >= 11 is 0. The van der Waals surface area contributed by atoms with Crippen molar-refractivity contribution in [3.63, 3.8) is 0 Å². The lowest BCUT2D eigenvalue weighted by Crippen LogP contribution is -2.11. The number of aliphatic imine (C=N–C) groups is 2. The molecule has 0 aromatic carbocycles. The average molecular weight is 186 g/mol. The molecular weight excluding hydrogens is 172 g/mol. The van der Waals surface area contributed by atoms with Gasteiger partial charge in [0.25, 0.3) is 0 Å². The highest BCUT2D eigenvalue weighted by molar-refractivity contribution is 6.08. The van der Waals surface area contributed by atoms with Gasteiger partial charge in [0.2, 0.25) is 0 Å². The average Bonchev–Trinajstić information content (AvgIpc) is 2.57. The van der Waals surface area contributed by atoms with Crippen LogP contribution in [0.25, 0.3) is 0 Å². The van der Waals surface area contributed by atoms with Gasteiger partial charge in [0.15, 0.2) is 0 Å². The Hall–Kier alpha value is -1.18. The molecule has 0 amide bonds. The molecule has 2 heteroatoms. The highest BCUT2D eigenvalue weighted by atomic mass is 14.8. The molecule has 0 aromatic rings. The topological polar surface area (TPSA) is 24.7 Å². The van der Waals surface area contributed by atoms with Crippen LogP contribution in [0, 0.1) is 0 Å². The maximum absolute atomic E-state index is 4.61. The number of hydrogen-bond donors (Lipinski definition) is 0. The standard InChI is InChI=1S/C12H14N2/c1-2-9-4-6-13-7-5-10-8-14-11(3-1)12(9)10/h5,7H,1-4,6,8H2/b10-5-,13-7?. The summed E-state index contributed by atoms with van der Waals surface area (Å²) in [7, 11) is 0. The first-order valence-corrected chi connectivity index (χ1v) is 5.40. The van der Waals surface area contributed by atoms with E-state index in [2.05, 4.69) is 16.1 Å². The van der Waals surface area contributed by atoms with Gasteiger partial charge in [-0.15, -0.1) is 0 Å². The summed E-state index contributed by atoms with van der Waals surface area (Å²) in [6.45, 7) is 1.84. The van der Waals surface area contributed by atoms with Gasteiger partial charge >= 0.3 is 0 Å². The Morgan fingerprint density at radius 1 is 1.14 bits per heavy atom. The quantitative estimate of drug-likeness (QED) is 0.554. The molecule has 0 bridgehead atoms. The first-order chi connectivity index (χ1) is 6.95. The van der Waals surface area contributed by atoms with Crippen LogP contribution in [0.3, 0.4) is 0 Å². The van der Waals surface area contributed by atoms with Crippen LogP contribution in [0.15, 0.2) is 32.8 Å². The SMILES string of the molecule is C1=NCCC2=C3C(=NC/C3=C/1)CCC2. The minimum atomic E-state index is 0.889. The molecule has 0 atom stereocenters. The summed E-state index contributed by atoms with van der Waals surface area (Å²) in [5.74, 6) is 0. The van der Waals surface area contributed by atoms with Gasteiger partial charge in [0.05, 0.1) is 6.54 Å². The van der Waals surface area contributed by atoms with Crippen molar-refractivity contribution in [2.24, 2.45) is 9.98 Å². The van der Waals surface area contributed by atoms with Crippen LogP contribution < -0.4 is 0 Å². The molecule has 2 aliphatic heterocycles. The molecule has 2 heterocycles. The number of rotatable bonds is 0. The molecule has 14 heavy (non-hydrogen) atoms. The fourth-order valence-electron chi connectivity index (χ4n) is 2.56. The van der Waals surface area contributed by atoms with Crippen molar-refractivity contribution < 1.29 is 0 Å². The normalized spacial score (nSPS) is 28.9. The molecule has 0 radical (unpaired) electrons. The van der Waals surface area contributed by atoms with Crippen LogP contribution in [0.4, 0.5) is 0 Å². The molecule has 0 N–H and O–H groups in total. The van der Waals surface area contributed by atoms with E-state index in [0.717, 1.165) is 19.5 Å². The molecule has 72 valence electrons. The third-order valence-corrected chi connectivity index (χ3v) is 3.22. The molecule has 0 fully saturated rings. The molecule has 0 spiro atoms. The van der Waals surface area contributed by atoms with Crippen LogP contribution in [0.2, 0.25) is 0 Å². The van der Waals surface area contributed by atoms with Crippen molar-refractivity contribution in [1.29, 1.82) is 0 Å². The third-order valence-electron chi connectivity index (χ3n) is 3.22. The number of hydrogen-bond acceptors (Lipinski definition) is 2. The van der Waals surface area contributed by atoms with Crippen LogP contribution in [-0.4, -0.2) is 25.0 Å². The fourth-order valence-corrected chi connectivity index (χ4v) is 2.56. The summed E-state index contributed by atoms with van der Waals surface area (Å²) in [5.41, 5.74) is 5.88. The molecular formula is C12H14N2. The Morgan fingerprint density at radius 2 is 2.14 bits per heavy atom. The van der Waals surface area contributed by atoms with E-state index in [9.17, 15) is 0 Å². The van der Waals surface area contributed by atoms with Crippen molar-refractivity contribution in [3.05, 3.63) is 22.8 Å². The molecule has 0 saturated carbocycles. The van der Waals surface area contributed by atoms with Crippen molar-refractivity contribution in [2.75, 3.05) is 13.1 Å². The predicted octanol–water partition coefficient (Wildman–Crippen LogP) is 2.32. The van der Waals surface area contributed by atoms with E-state index in [1.165, 1.54) is 36.1 Å². The largest absolute Gasteiger partial charge is 0.293 e. The summed E-state index contributed by atoms with van der Waals surface area (Å²) in [6, 6.07) is 0. The summed E-state index contributed by atoms with van der Waals surface area (Å²) in [4.78, 5) is 8.96. The van der Waals surface area contributed by atoms with Crippen molar-refractivity contribution in [3.8, 4) is 0 Å². The van der Waals surface area contributed by atoms with Crippen LogP contribution in [0.1, 0.15) is 25.7 Å². The van der Waals surface area contributed by atoms with E-state index in [4.69, 9.17) is 0 Å². The van der Waals surface area contributed by atoms with Crippen LogP contribution in [0.5, 0.6) is 0 Å². The second-order valence-electron chi connectivity index (χ2n) is 4.09. The van der Waals surface area contributed by atoms with Gasteiger partial charge in [-0.05, 0) is 42.9 Å². The molecule has 0 saturated heterocycles. The number of nitrogens with zero attached hydrogens (tertiary/aromatic N) is 2. The summed E-state index contributed by atoms with van der Waals surface area (Å²) in [6.07, 6.45) is 8.98. The van der Waals surface area contributed by atoms with Crippen molar-refractivity contribution >= 4 is 11.9 Å². The molecule has 3 aliphatic rings. The summed E-state index contributed by atoms with van der Waals surface area (Å²) in [5, 5.41) is 0. The lowest BCUT2D eigenvalue weighted by atomic mass is 9.85. The Balaban J connectivity index is 2.13. The molecule has 1 aliphatic carbocycles. The van der Waals surface area contributed by atoms with E-state index in [1.54, 1.807) is 5.57 Å². The maximum atomic E-state index is 4.61. The monoisotopic (exact) mass is 186 g/mol. The highest BCUT2D eigenvalue weighted by Crippen LogP contribution is 2.34. The van der Waals surface area contributed by atoms with E-state index in [-0.39, 0.29) is 0 Å². The molecule has 0 aromatic heterocycles. The fraction of sp³-hybridized carbons (Fsp3) is 0.500. The van der Waals surface area contributed by atoms with Gasteiger partial charge in [0, 0.05) is 18.5 Å². The molecule has 2 nitrogen and oxygen atoms in total. The Labute approximate surface area is 84.1 Å². The Morgan fingerprint density at radius 3 is 3.14 bits per heavy atom. The van der Waals surface area contributed by atoms with Gasteiger partial charge < -0.3 is 0 Å². The Bertz CT molecular complexity index is 383. The maximum Gasteiger partial charge on any atom is 0.0650 e.